The van der Waals surface area contributed by atoms with E-state index in [4.69, 9.17) is 0 Å². The van der Waals surface area contributed by atoms with Crippen LogP contribution in [-0.2, 0) is 4.79 Å². The quantitative estimate of drug-likeness (QED) is 0.908. The van der Waals surface area contributed by atoms with Crippen molar-refractivity contribution in [2.24, 2.45) is 11.8 Å². The second-order valence-corrected chi connectivity index (χ2v) is 6.95. The summed E-state index contributed by atoms with van der Waals surface area (Å²) in [6.07, 6.45) is 1.59. The van der Waals surface area contributed by atoms with Gasteiger partial charge in [0, 0.05) is 26.1 Å². The van der Waals surface area contributed by atoms with E-state index >= 15 is 0 Å². The third kappa shape index (κ3) is 2.82. The molecule has 2 fully saturated rings. The van der Waals surface area contributed by atoms with Crippen LogP contribution in [0.5, 0.6) is 0 Å². The summed E-state index contributed by atoms with van der Waals surface area (Å²) in [5, 5.41) is 11.7. The highest BCUT2D eigenvalue weighted by Gasteiger charge is 2.43. The number of hydrogen-bond acceptors (Lipinski definition) is 4. The lowest BCUT2D eigenvalue weighted by Crippen LogP contribution is -2.40. The van der Waals surface area contributed by atoms with E-state index in [0.717, 1.165) is 19.4 Å². The summed E-state index contributed by atoms with van der Waals surface area (Å²) < 4.78 is 0. The summed E-state index contributed by atoms with van der Waals surface area (Å²) in [5.74, 6) is 0.524. The largest absolute Gasteiger partial charge is 0.393 e. The van der Waals surface area contributed by atoms with Gasteiger partial charge in [-0.2, -0.15) is 0 Å². The Labute approximate surface area is 128 Å². The van der Waals surface area contributed by atoms with Crippen LogP contribution in [0.1, 0.15) is 22.5 Å². The normalized spacial score (nSPS) is 27.7. The Kier molecular flexibility index (Phi) is 3.99. The fourth-order valence-corrected chi connectivity index (χ4v) is 4.12. The number of likely N-dealkylation sites (tertiary alicyclic amines) is 1. The van der Waals surface area contributed by atoms with Gasteiger partial charge in [0.1, 0.15) is 0 Å². The van der Waals surface area contributed by atoms with E-state index in [2.05, 4.69) is 0 Å². The fraction of sp³-hybridized carbons (Fsp3) is 0.600. The topological polar surface area (TPSA) is 60.9 Å². The standard InChI is InChI=1S/C15H20N2O3S/c1-16(15(20)13-3-2-6-21-13)9-14(19)17-7-10-4-5-12(18)11(10)8-17/h2-3,6,10-12,18H,4-5,7-9H2,1H3. The summed E-state index contributed by atoms with van der Waals surface area (Å²) in [7, 11) is 1.66. The number of thiophene rings is 1. The summed E-state index contributed by atoms with van der Waals surface area (Å²) in [6.45, 7) is 1.46. The third-order valence-corrected chi connectivity index (χ3v) is 5.48. The number of rotatable bonds is 3. The van der Waals surface area contributed by atoms with Gasteiger partial charge in [0.2, 0.25) is 5.91 Å². The molecule has 0 bridgehead atoms. The number of aliphatic hydroxyl groups is 1. The number of carbonyl (C=O) groups is 2. The van der Waals surface area contributed by atoms with Gasteiger partial charge in [-0.3, -0.25) is 9.59 Å². The van der Waals surface area contributed by atoms with Crippen molar-refractivity contribution in [2.75, 3.05) is 26.7 Å². The molecule has 1 aliphatic heterocycles. The fourth-order valence-electron chi connectivity index (χ4n) is 3.40. The van der Waals surface area contributed by atoms with Crippen LogP contribution >= 0.6 is 11.3 Å². The molecule has 6 heteroatoms. The van der Waals surface area contributed by atoms with Crippen LogP contribution < -0.4 is 0 Å². The predicted molar refractivity (Wildman–Crippen MR) is 80.1 cm³/mol. The van der Waals surface area contributed by atoms with Crippen LogP contribution in [0.2, 0.25) is 0 Å². The van der Waals surface area contributed by atoms with Crippen molar-refractivity contribution in [3.63, 3.8) is 0 Å². The van der Waals surface area contributed by atoms with E-state index < -0.39 is 0 Å². The number of hydrogen-bond donors (Lipinski definition) is 1. The SMILES string of the molecule is CN(CC(=O)N1CC2CCC(O)C2C1)C(=O)c1cccs1. The van der Waals surface area contributed by atoms with Crippen molar-refractivity contribution in [1.29, 1.82) is 0 Å². The molecule has 3 rings (SSSR count). The molecule has 2 heterocycles. The Balaban J connectivity index is 1.56. The molecule has 0 aromatic carbocycles. The van der Waals surface area contributed by atoms with Crippen LogP contribution in [0.3, 0.4) is 0 Å². The Morgan fingerprint density at radius 3 is 2.90 bits per heavy atom. The van der Waals surface area contributed by atoms with E-state index in [1.165, 1.54) is 16.2 Å². The highest BCUT2D eigenvalue weighted by molar-refractivity contribution is 7.12. The van der Waals surface area contributed by atoms with Gasteiger partial charge in [-0.15, -0.1) is 11.3 Å². The van der Waals surface area contributed by atoms with Gasteiger partial charge in [-0.1, -0.05) is 6.07 Å². The zero-order valence-corrected chi connectivity index (χ0v) is 12.9. The van der Waals surface area contributed by atoms with Gasteiger partial charge in [0.05, 0.1) is 17.5 Å². The molecule has 2 amide bonds. The highest BCUT2D eigenvalue weighted by atomic mass is 32.1. The maximum atomic E-state index is 12.3. The molecule has 1 aliphatic carbocycles. The van der Waals surface area contributed by atoms with Gasteiger partial charge in [0.25, 0.3) is 5.91 Å². The van der Waals surface area contributed by atoms with E-state index in [1.54, 1.807) is 18.0 Å². The van der Waals surface area contributed by atoms with Gasteiger partial charge < -0.3 is 14.9 Å². The number of amides is 2. The highest BCUT2D eigenvalue weighted by Crippen LogP contribution is 2.38. The lowest BCUT2D eigenvalue weighted by Gasteiger charge is -2.22. The molecule has 114 valence electrons. The maximum Gasteiger partial charge on any atom is 0.264 e. The van der Waals surface area contributed by atoms with E-state index in [0.29, 0.717) is 17.3 Å². The molecule has 21 heavy (non-hydrogen) atoms. The summed E-state index contributed by atoms with van der Waals surface area (Å²) in [6, 6.07) is 3.60. The van der Waals surface area contributed by atoms with Crippen LogP contribution in [0, 0.1) is 11.8 Å². The van der Waals surface area contributed by atoms with Gasteiger partial charge in [-0.25, -0.2) is 0 Å². The van der Waals surface area contributed by atoms with Gasteiger partial charge in [-0.05, 0) is 30.2 Å². The number of aliphatic hydroxyl groups excluding tert-OH is 1. The monoisotopic (exact) mass is 308 g/mol. The molecule has 3 unspecified atom stereocenters. The molecule has 1 N–H and O–H groups in total. The zero-order chi connectivity index (χ0) is 15.0. The van der Waals surface area contributed by atoms with Gasteiger partial charge >= 0.3 is 0 Å². The molecule has 0 spiro atoms. The Bertz CT molecular complexity index is 531. The van der Waals surface area contributed by atoms with Crippen molar-refractivity contribution in [1.82, 2.24) is 9.80 Å². The van der Waals surface area contributed by atoms with E-state index in [1.807, 2.05) is 11.4 Å². The molecule has 1 aromatic heterocycles. The summed E-state index contributed by atoms with van der Waals surface area (Å²) >= 11 is 1.38. The number of fused-ring (bicyclic) bond motifs is 1. The van der Waals surface area contributed by atoms with Crippen molar-refractivity contribution < 1.29 is 14.7 Å². The zero-order valence-electron chi connectivity index (χ0n) is 12.1. The number of carbonyl (C=O) groups excluding carboxylic acids is 2. The first kappa shape index (κ1) is 14.5. The average molecular weight is 308 g/mol. The van der Waals surface area contributed by atoms with Crippen molar-refractivity contribution in [2.45, 2.75) is 18.9 Å². The summed E-state index contributed by atoms with van der Waals surface area (Å²) in [5.41, 5.74) is 0. The molecule has 2 aliphatic rings. The van der Waals surface area contributed by atoms with Crippen molar-refractivity contribution >= 4 is 23.2 Å². The molecule has 1 saturated carbocycles. The number of nitrogens with zero attached hydrogens (tertiary/aromatic N) is 2. The first-order chi connectivity index (χ1) is 10.1. The van der Waals surface area contributed by atoms with Crippen LogP contribution in [-0.4, -0.2) is 59.5 Å². The molecule has 5 nitrogen and oxygen atoms in total. The van der Waals surface area contributed by atoms with Crippen molar-refractivity contribution in [3.8, 4) is 0 Å². The predicted octanol–water partition coefficient (Wildman–Crippen LogP) is 1.05. The minimum Gasteiger partial charge on any atom is -0.393 e. The first-order valence-corrected chi connectivity index (χ1v) is 8.19. The Hall–Kier alpha value is -1.40. The average Bonchev–Trinajstić information content (AvgIpc) is 3.16. The van der Waals surface area contributed by atoms with Crippen LogP contribution in [0.15, 0.2) is 17.5 Å². The first-order valence-electron chi connectivity index (χ1n) is 7.31. The second kappa shape index (κ2) is 5.77. The molecular formula is C15H20N2O3S. The molecule has 0 radical (unpaired) electrons. The smallest absolute Gasteiger partial charge is 0.264 e. The molecule has 1 saturated heterocycles. The maximum absolute atomic E-state index is 12.3. The number of likely N-dealkylation sites (N-methyl/N-ethyl adjacent to an activating group) is 1. The molecule has 3 atom stereocenters. The van der Waals surface area contributed by atoms with E-state index in [-0.39, 0.29) is 30.4 Å². The minimum atomic E-state index is -0.265. The van der Waals surface area contributed by atoms with Crippen molar-refractivity contribution in [3.05, 3.63) is 22.4 Å². The molecule has 1 aromatic rings. The minimum absolute atomic E-state index is 0.0241. The van der Waals surface area contributed by atoms with Crippen LogP contribution in [0.25, 0.3) is 0 Å². The molecular weight excluding hydrogens is 288 g/mol. The Morgan fingerprint density at radius 1 is 1.43 bits per heavy atom. The van der Waals surface area contributed by atoms with E-state index in [9.17, 15) is 14.7 Å². The lowest BCUT2D eigenvalue weighted by molar-refractivity contribution is -0.131. The summed E-state index contributed by atoms with van der Waals surface area (Å²) in [4.78, 5) is 28.4. The second-order valence-electron chi connectivity index (χ2n) is 6.01. The van der Waals surface area contributed by atoms with Crippen LogP contribution in [0.4, 0.5) is 0 Å². The Morgan fingerprint density at radius 2 is 2.24 bits per heavy atom. The van der Waals surface area contributed by atoms with Gasteiger partial charge in [0.15, 0.2) is 0 Å². The lowest BCUT2D eigenvalue weighted by atomic mass is 10.00. The third-order valence-electron chi connectivity index (χ3n) is 4.62.